The van der Waals surface area contributed by atoms with E-state index in [9.17, 15) is 22.8 Å². The molecule has 1 saturated heterocycles. The molecule has 1 aliphatic rings. The molecule has 1 N–H and O–H groups in total. The SMILES string of the molecule is CC(C)NC(=O)[C@@H]1CN(C(=O)c2ccc(Cl)cc2Cl)C[C@@H]1c1cccc(C(F)(F)F)c1. The third kappa shape index (κ3) is 5.33. The van der Waals surface area contributed by atoms with E-state index in [2.05, 4.69) is 5.32 Å². The second-order valence-corrected chi connectivity index (χ2v) is 8.68. The fourth-order valence-corrected chi connectivity index (χ4v) is 4.23. The van der Waals surface area contributed by atoms with E-state index in [4.69, 9.17) is 23.2 Å². The standard InChI is InChI=1S/C22H21Cl2F3N2O2/c1-12(2)28-20(30)18-11-29(21(31)16-7-6-15(23)9-19(16)24)10-17(18)13-4-3-5-14(8-13)22(25,26)27/h3-9,12,17-18H,10-11H2,1-2H3,(H,28,30)/t17-,18-/m1/s1. The van der Waals surface area contributed by atoms with E-state index in [1.807, 2.05) is 0 Å². The Bertz CT molecular complexity index is 995. The molecule has 2 amide bonds. The molecule has 2 atom stereocenters. The summed E-state index contributed by atoms with van der Waals surface area (Å²) in [5.41, 5.74) is -0.214. The zero-order valence-corrected chi connectivity index (χ0v) is 18.4. The van der Waals surface area contributed by atoms with Gasteiger partial charge in [-0.2, -0.15) is 13.2 Å². The Kier molecular flexibility index (Phi) is 6.86. The van der Waals surface area contributed by atoms with Gasteiger partial charge in [-0.15, -0.1) is 0 Å². The van der Waals surface area contributed by atoms with Gasteiger partial charge in [0.2, 0.25) is 5.91 Å². The van der Waals surface area contributed by atoms with E-state index in [1.165, 1.54) is 29.2 Å². The summed E-state index contributed by atoms with van der Waals surface area (Å²) in [4.78, 5) is 27.3. The topological polar surface area (TPSA) is 49.4 Å². The molecule has 2 aromatic carbocycles. The Morgan fingerprint density at radius 3 is 2.42 bits per heavy atom. The Labute approximate surface area is 188 Å². The van der Waals surface area contributed by atoms with Crippen molar-refractivity contribution in [1.29, 1.82) is 0 Å². The van der Waals surface area contributed by atoms with Gasteiger partial charge in [0.25, 0.3) is 5.91 Å². The zero-order chi connectivity index (χ0) is 22.9. The van der Waals surface area contributed by atoms with Crippen molar-refractivity contribution in [2.75, 3.05) is 13.1 Å². The molecule has 0 unspecified atom stereocenters. The van der Waals surface area contributed by atoms with Gasteiger partial charge in [0.15, 0.2) is 0 Å². The van der Waals surface area contributed by atoms with Crippen molar-refractivity contribution in [2.45, 2.75) is 32.0 Å². The van der Waals surface area contributed by atoms with E-state index >= 15 is 0 Å². The Morgan fingerprint density at radius 2 is 1.81 bits per heavy atom. The predicted molar refractivity (Wildman–Crippen MR) is 113 cm³/mol. The molecule has 0 saturated carbocycles. The quantitative estimate of drug-likeness (QED) is 0.647. The molecule has 31 heavy (non-hydrogen) atoms. The molecule has 0 aliphatic carbocycles. The first-order valence-corrected chi connectivity index (χ1v) is 10.4. The lowest BCUT2D eigenvalue weighted by molar-refractivity contribution is -0.137. The fourth-order valence-electron chi connectivity index (χ4n) is 3.74. The summed E-state index contributed by atoms with van der Waals surface area (Å²) in [5.74, 6) is -2.00. The molecule has 9 heteroatoms. The number of rotatable bonds is 4. The molecule has 3 rings (SSSR count). The largest absolute Gasteiger partial charge is 0.416 e. The maximum absolute atomic E-state index is 13.2. The number of amides is 2. The minimum absolute atomic E-state index is 0.0667. The Morgan fingerprint density at radius 1 is 1.10 bits per heavy atom. The second-order valence-electron chi connectivity index (χ2n) is 7.83. The van der Waals surface area contributed by atoms with Crippen molar-refractivity contribution in [2.24, 2.45) is 5.92 Å². The van der Waals surface area contributed by atoms with Crippen LogP contribution in [0.3, 0.4) is 0 Å². The van der Waals surface area contributed by atoms with Crippen molar-refractivity contribution < 1.29 is 22.8 Å². The highest BCUT2D eigenvalue weighted by Gasteiger charge is 2.42. The number of hydrogen-bond donors (Lipinski definition) is 1. The van der Waals surface area contributed by atoms with Gasteiger partial charge >= 0.3 is 6.18 Å². The molecule has 0 bridgehead atoms. The van der Waals surface area contributed by atoms with Gasteiger partial charge in [-0.1, -0.05) is 41.4 Å². The first kappa shape index (κ1) is 23.4. The normalized spacial score (nSPS) is 19.0. The molecular weight excluding hydrogens is 452 g/mol. The van der Waals surface area contributed by atoms with Crippen molar-refractivity contribution >= 4 is 35.0 Å². The van der Waals surface area contributed by atoms with Crippen molar-refractivity contribution in [3.8, 4) is 0 Å². The third-order valence-electron chi connectivity index (χ3n) is 5.18. The lowest BCUT2D eigenvalue weighted by Gasteiger charge is -2.20. The number of halogens is 5. The van der Waals surface area contributed by atoms with Crippen molar-refractivity contribution in [1.82, 2.24) is 10.2 Å². The van der Waals surface area contributed by atoms with Crippen LogP contribution in [0.1, 0.15) is 41.3 Å². The Hall–Kier alpha value is -2.25. The van der Waals surface area contributed by atoms with E-state index in [1.54, 1.807) is 19.9 Å². The first-order valence-electron chi connectivity index (χ1n) is 9.69. The minimum Gasteiger partial charge on any atom is -0.354 e. The van der Waals surface area contributed by atoms with Gasteiger partial charge in [-0.05, 0) is 43.7 Å². The van der Waals surface area contributed by atoms with Crippen LogP contribution in [-0.2, 0) is 11.0 Å². The summed E-state index contributed by atoms with van der Waals surface area (Å²) in [6.45, 7) is 3.75. The fraction of sp³-hybridized carbons (Fsp3) is 0.364. The van der Waals surface area contributed by atoms with Crippen LogP contribution in [0.4, 0.5) is 13.2 Å². The lowest BCUT2D eigenvalue weighted by atomic mass is 9.87. The monoisotopic (exact) mass is 472 g/mol. The van der Waals surface area contributed by atoms with Crippen LogP contribution < -0.4 is 5.32 Å². The van der Waals surface area contributed by atoms with Gasteiger partial charge in [0.1, 0.15) is 0 Å². The second kappa shape index (κ2) is 9.09. The van der Waals surface area contributed by atoms with E-state index in [0.717, 1.165) is 12.1 Å². The highest BCUT2D eigenvalue weighted by molar-refractivity contribution is 6.36. The lowest BCUT2D eigenvalue weighted by Crippen LogP contribution is -2.39. The van der Waals surface area contributed by atoms with Crippen molar-refractivity contribution in [3.63, 3.8) is 0 Å². The summed E-state index contributed by atoms with van der Waals surface area (Å²) >= 11 is 12.1. The molecule has 4 nitrogen and oxygen atoms in total. The number of nitrogens with zero attached hydrogens (tertiary/aromatic N) is 1. The smallest absolute Gasteiger partial charge is 0.354 e. The van der Waals surface area contributed by atoms with Crippen LogP contribution in [0.15, 0.2) is 42.5 Å². The van der Waals surface area contributed by atoms with Crippen LogP contribution in [0.25, 0.3) is 0 Å². The van der Waals surface area contributed by atoms with Crippen molar-refractivity contribution in [3.05, 3.63) is 69.2 Å². The predicted octanol–water partition coefficient (Wildman–Crippen LogP) is 5.39. The maximum Gasteiger partial charge on any atom is 0.416 e. The third-order valence-corrected chi connectivity index (χ3v) is 5.73. The number of hydrogen-bond acceptors (Lipinski definition) is 2. The molecule has 1 fully saturated rings. The van der Waals surface area contributed by atoms with Crippen LogP contribution in [0, 0.1) is 5.92 Å². The first-order chi connectivity index (χ1) is 14.5. The van der Waals surface area contributed by atoms with E-state index in [-0.39, 0.29) is 35.6 Å². The maximum atomic E-state index is 13.2. The summed E-state index contributed by atoms with van der Waals surface area (Å²) in [6.07, 6.45) is -4.50. The molecule has 0 spiro atoms. The molecule has 2 aromatic rings. The molecule has 1 heterocycles. The van der Waals surface area contributed by atoms with Gasteiger partial charge in [-0.25, -0.2) is 0 Å². The molecule has 0 radical (unpaired) electrons. The average Bonchev–Trinajstić information content (AvgIpc) is 3.12. The number of nitrogens with one attached hydrogen (secondary N) is 1. The van der Waals surface area contributed by atoms with E-state index in [0.29, 0.717) is 10.6 Å². The highest BCUT2D eigenvalue weighted by atomic mass is 35.5. The van der Waals surface area contributed by atoms with Crippen LogP contribution >= 0.6 is 23.2 Å². The summed E-state index contributed by atoms with van der Waals surface area (Å²) in [5, 5.41) is 3.35. The Balaban J connectivity index is 1.94. The van der Waals surface area contributed by atoms with E-state index < -0.39 is 29.5 Å². The van der Waals surface area contributed by atoms with Gasteiger partial charge in [-0.3, -0.25) is 9.59 Å². The van der Waals surface area contributed by atoms with Gasteiger partial charge < -0.3 is 10.2 Å². The number of carbonyl (C=O) groups is 2. The molecule has 166 valence electrons. The summed E-state index contributed by atoms with van der Waals surface area (Å²) in [6, 6.07) is 9.22. The van der Waals surface area contributed by atoms with Gasteiger partial charge in [0, 0.05) is 30.1 Å². The molecule has 0 aromatic heterocycles. The number of benzene rings is 2. The molecule has 1 aliphatic heterocycles. The summed E-state index contributed by atoms with van der Waals surface area (Å²) < 4.78 is 39.6. The van der Waals surface area contributed by atoms with Gasteiger partial charge in [0.05, 0.1) is 22.1 Å². The number of carbonyl (C=O) groups excluding carboxylic acids is 2. The molecular formula is C22H21Cl2F3N2O2. The average molecular weight is 473 g/mol. The summed E-state index contributed by atoms with van der Waals surface area (Å²) in [7, 11) is 0. The number of alkyl halides is 3. The van der Waals surface area contributed by atoms with Crippen LogP contribution in [0.2, 0.25) is 10.0 Å². The minimum atomic E-state index is -4.50. The zero-order valence-electron chi connectivity index (χ0n) is 16.8. The van der Waals surface area contributed by atoms with Crippen LogP contribution in [0.5, 0.6) is 0 Å². The van der Waals surface area contributed by atoms with Crippen LogP contribution in [-0.4, -0.2) is 35.8 Å². The highest BCUT2D eigenvalue weighted by Crippen LogP contribution is 2.37. The number of likely N-dealkylation sites (tertiary alicyclic amines) is 1.